The lowest BCUT2D eigenvalue weighted by Crippen LogP contribution is -2.25. The third kappa shape index (κ3) is 5.07. The molecule has 2 rings (SSSR count). The minimum absolute atomic E-state index is 0.195. The number of likely N-dealkylation sites (N-methyl/N-ethyl adjacent to an activating group) is 1. The van der Waals surface area contributed by atoms with Crippen LogP contribution in [0.4, 0.5) is 10.2 Å². The molecule has 1 N–H and O–H groups in total. The highest BCUT2D eigenvalue weighted by Gasteiger charge is 2.03. The molecule has 0 saturated carbocycles. The van der Waals surface area contributed by atoms with E-state index in [9.17, 15) is 4.39 Å². The van der Waals surface area contributed by atoms with E-state index in [1.165, 1.54) is 12.1 Å². The molecule has 0 saturated heterocycles. The monoisotopic (exact) mass is 302 g/mol. The van der Waals surface area contributed by atoms with E-state index in [0.717, 1.165) is 49.0 Å². The van der Waals surface area contributed by atoms with Crippen LogP contribution in [0, 0.1) is 12.7 Å². The van der Waals surface area contributed by atoms with Gasteiger partial charge in [0.15, 0.2) is 0 Å². The summed E-state index contributed by atoms with van der Waals surface area (Å²) in [5.74, 6) is 1.47. The third-order valence-electron chi connectivity index (χ3n) is 3.42. The van der Waals surface area contributed by atoms with Crippen molar-refractivity contribution in [2.45, 2.75) is 26.8 Å². The van der Waals surface area contributed by atoms with Gasteiger partial charge in [0.05, 0.1) is 0 Å². The van der Waals surface area contributed by atoms with Crippen molar-refractivity contribution in [2.24, 2.45) is 0 Å². The maximum absolute atomic E-state index is 12.9. The fourth-order valence-corrected chi connectivity index (χ4v) is 2.26. The molecule has 118 valence electrons. The van der Waals surface area contributed by atoms with Gasteiger partial charge in [-0.2, -0.15) is 0 Å². The first kappa shape index (κ1) is 16.4. The van der Waals surface area contributed by atoms with Gasteiger partial charge >= 0.3 is 0 Å². The van der Waals surface area contributed by atoms with E-state index in [2.05, 4.69) is 27.1 Å². The lowest BCUT2D eigenvalue weighted by atomic mass is 10.2. The molecule has 0 amide bonds. The lowest BCUT2D eigenvalue weighted by molar-refractivity contribution is 0.339. The Morgan fingerprint density at radius 2 is 1.91 bits per heavy atom. The van der Waals surface area contributed by atoms with Crippen LogP contribution in [0.2, 0.25) is 0 Å². The zero-order valence-corrected chi connectivity index (χ0v) is 13.4. The Bertz CT molecular complexity index is 598. The molecule has 0 aliphatic heterocycles. The van der Waals surface area contributed by atoms with Crippen molar-refractivity contribution in [2.75, 3.05) is 25.5 Å². The van der Waals surface area contributed by atoms with E-state index in [4.69, 9.17) is 0 Å². The molecule has 0 atom stereocenters. The summed E-state index contributed by atoms with van der Waals surface area (Å²) in [6.45, 7) is 6.47. The summed E-state index contributed by atoms with van der Waals surface area (Å²) < 4.78 is 12.9. The third-order valence-corrected chi connectivity index (χ3v) is 3.42. The molecule has 1 aromatic heterocycles. The van der Waals surface area contributed by atoms with Gasteiger partial charge < -0.3 is 10.2 Å². The Labute approximate surface area is 131 Å². The van der Waals surface area contributed by atoms with Crippen molar-refractivity contribution in [1.82, 2.24) is 14.9 Å². The molecule has 5 heteroatoms. The first-order valence-electron chi connectivity index (χ1n) is 7.58. The lowest BCUT2D eigenvalue weighted by Gasteiger charge is -2.17. The second kappa shape index (κ2) is 7.84. The predicted molar refractivity (Wildman–Crippen MR) is 87.4 cm³/mol. The summed E-state index contributed by atoms with van der Waals surface area (Å²) in [6.07, 6.45) is 0.905. The Morgan fingerprint density at radius 1 is 1.18 bits per heavy atom. The average molecular weight is 302 g/mol. The van der Waals surface area contributed by atoms with Crippen molar-refractivity contribution in [1.29, 1.82) is 0 Å². The molecule has 0 bridgehead atoms. The molecule has 1 heterocycles. The van der Waals surface area contributed by atoms with E-state index in [1.54, 1.807) is 0 Å². The maximum Gasteiger partial charge on any atom is 0.129 e. The van der Waals surface area contributed by atoms with Gasteiger partial charge in [-0.25, -0.2) is 14.4 Å². The van der Waals surface area contributed by atoms with E-state index in [1.807, 2.05) is 32.2 Å². The topological polar surface area (TPSA) is 41.0 Å². The van der Waals surface area contributed by atoms with Crippen molar-refractivity contribution in [3.05, 3.63) is 53.2 Å². The molecule has 1 aromatic carbocycles. The van der Waals surface area contributed by atoms with Crippen LogP contribution in [0.25, 0.3) is 0 Å². The van der Waals surface area contributed by atoms with Crippen LogP contribution in [-0.4, -0.2) is 35.0 Å². The second-order valence-corrected chi connectivity index (χ2v) is 5.44. The van der Waals surface area contributed by atoms with Gasteiger partial charge in [-0.05, 0) is 38.1 Å². The largest absolute Gasteiger partial charge is 0.369 e. The zero-order valence-electron chi connectivity index (χ0n) is 13.4. The fourth-order valence-electron chi connectivity index (χ4n) is 2.26. The maximum atomic E-state index is 12.9. The van der Waals surface area contributed by atoms with Crippen molar-refractivity contribution in [3.8, 4) is 0 Å². The Kier molecular flexibility index (Phi) is 5.83. The number of halogens is 1. The van der Waals surface area contributed by atoms with E-state index in [0.29, 0.717) is 0 Å². The smallest absolute Gasteiger partial charge is 0.129 e. The summed E-state index contributed by atoms with van der Waals surface area (Å²) in [5.41, 5.74) is 2.16. The average Bonchev–Trinajstić information content (AvgIpc) is 2.49. The molecule has 0 spiro atoms. The molecule has 0 unspecified atom stereocenters. The molecule has 0 radical (unpaired) electrons. The highest BCUT2D eigenvalue weighted by molar-refractivity contribution is 5.36. The summed E-state index contributed by atoms with van der Waals surface area (Å²) >= 11 is 0. The summed E-state index contributed by atoms with van der Waals surface area (Å²) in [6, 6.07) is 8.63. The first-order chi connectivity index (χ1) is 10.6. The number of aryl methyl sites for hydroxylation is 2. The SMILES string of the molecule is CCc1cc(NCCN(C)Cc2ccc(F)cc2)nc(C)n1. The van der Waals surface area contributed by atoms with Crippen LogP contribution in [0.3, 0.4) is 0 Å². The number of aromatic nitrogens is 2. The summed E-state index contributed by atoms with van der Waals surface area (Å²) in [5, 5.41) is 3.33. The summed E-state index contributed by atoms with van der Waals surface area (Å²) in [7, 11) is 2.05. The number of anilines is 1. The Hall–Kier alpha value is -2.01. The fraction of sp³-hybridized carbons (Fsp3) is 0.412. The van der Waals surface area contributed by atoms with Crippen molar-refractivity contribution in [3.63, 3.8) is 0 Å². The van der Waals surface area contributed by atoms with Crippen LogP contribution in [-0.2, 0) is 13.0 Å². The molecule has 22 heavy (non-hydrogen) atoms. The van der Waals surface area contributed by atoms with Crippen LogP contribution in [0.1, 0.15) is 24.0 Å². The molecular weight excluding hydrogens is 279 g/mol. The standard InChI is InChI=1S/C17H23FN4/c1-4-16-11-17(21-13(2)20-16)19-9-10-22(3)12-14-5-7-15(18)8-6-14/h5-8,11H,4,9-10,12H2,1-3H3,(H,19,20,21). The molecule has 2 aromatic rings. The second-order valence-electron chi connectivity index (χ2n) is 5.44. The minimum atomic E-state index is -0.195. The number of nitrogens with zero attached hydrogens (tertiary/aromatic N) is 3. The minimum Gasteiger partial charge on any atom is -0.369 e. The Morgan fingerprint density at radius 3 is 2.59 bits per heavy atom. The number of nitrogens with one attached hydrogen (secondary N) is 1. The molecule has 0 aliphatic rings. The van der Waals surface area contributed by atoms with Gasteiger partial charge in [0.2, 0.25) is 0 Å². The van der Waals surface area contributed by atoms with Crippen LogP contribution < -0.4 is 5.32 Å². The predicted octanol–water partition coefficient (Wildman–Crippen LogP) is 3.03. The molecular formula is C17H23FN4. The highest BCUT2D eigenvalue weighted by Crippen LogP contribution is 2.08. The van der Waals surface area contributed by atoms with Gasteiger partial charge in [0.25, 0.3) is 0 Å². The van der Waals surface area contributed by atoms with E-state index in [-0.39, 0.29) is 5.82 Å². The van der Waals surface area contributed by atoms with Gasteiger partial charge in [-0.1, -0.05) is 19.1 Å². The van der Waals surface area contributed by atoms with Gasteiger partial charge in [-0.3, -0.25) is 0 Å². The van der Waals surface area contributed by atoms with Gasteiger partial charge in [-0.15, -0.1) is 0 Å². The van der Waals surface area contributed by atoms with Crippen LogP contribution in [0.15, 0.2) is 30.3 Å². The number of benzene rings is 1. The zero-order chi connectivity index (χ0) is 15.9. The van der Waals surface area contributed by atoms with Crippen LogP contribution >= 0.6 is 0 Å². The normalized spacial score (nSPS) is 11.0. The quantitative estimate of drug-likeness (QED) is 0.853. The van der Waals surface area contributed by atoms with E-state index >= 15 is 0 Å². The van der Waals surface area contributed by atoms with Crippen LogP contribution in [0.5, 0.6) is 0 Å². The number of rotatable bonds is 7. The highest BCUT2D eigenvalue weighted by atomic mass is 19.1. The molecule has 4 nitrogen and oxygen atoms in total. The number of hydrogen-bond donors (Lipinski definition) is 1. The van der Waals surface area contributed by atoms with Gasteiger partial charge in [0, 0.05) is 31.4 Å². The molecule has 0 aliphatic carbocycles. The van der Waals surface area contributed by atoms with Crippen molar-refractivity contribution >= 4 is 5.82 Å². The molecule has 0 fully saturated rings. The van der Waals surface area contributed by atoms with Gasteiger partial charge in [0.1, 0.15) is 17.5 Å². The number of hydrogen-bond acceptors (Lipinski definition) is 4. The van der Waals surface area contributed by atoms with E-state index < -0.39 is 0 Å². The first-order valence-corrected chi connectivity index (χ1v) is 7.58. The van der Waals surface area contributed by atoms with Crippen molar-refractivity contribution < 1.29 is 4.39 Å². The Balaban J connectivity index is 1.80. The summed E-state index contributed by atoms with van der Waals surface area (Å²) in [4.78, 5) is 10.9.